The molecule has 4 N–H and O–H groups in total. The number of anilines is 1. The minimum atomic E-state index is -1.07. The molecule has 0 heterocycles. The highest BCUT2D eigenvalue weighted by atomic mass is 16.4. The number of carboxylic acids is 1. The zero-order valence-electron chi connectivity index (χ0n) is 14.5. The molecule has 0 aromatic heterocycles. The Morgan fingerprint density at radius 2 is 1.92 bits per heavy atom. The maximum absolute atomic E-state index is 11.9. The van der Waals surface area contributed by atoms with E-state index in [9.17, 15) is 14.7 Å². The second-order valence-electron chi connectivity index (χ2n) is 7.93. The van der Waals surface area contributed by atoms with Gasteiger partial charge in [0.05, 0.1) is 5.56 Å². The van der Waals surface area contributed by atoms with E-state index in [1.165, 1.54) is 17.0 Å². The van der Waals surface area contributed by atoms with Crippen molar-refractivity contribution in [3.63, 3.8) is 0 Å². The quantitative estimate of drug-likeness (QED) is 0.783. The maximum Gasteiger partial charge on any atom is 0.412 e. The smallest absolute Gasteiger partial charge is 0.412 e. The van der Waals surface area contributed by atoms with Crippen LogP contribution in [0, 0.1) is 10.8 Å². The molecular weight excluding hydrogens is 308 g/mol. The van der Waals surface area contributed by atoms with Crippen LogP contribution < -0.4 is 10.6 Å². The Hall–Kier alpha value is -2.08. The number of aromatic carboxylic acids is 1. The highest BCUT2D eigenvalue weighted by Gasteiger charge is 2.44. The Labute approximate surface area is 142 Å². The summed E-state index contributed by atoms with van der Waals surface area (Å²) in [6.07, 6.45) is 1.25. The standard InChI is InChI=1S/C18H26N2O4/c1-17(2)8-14(9-18(3,10-17)11-19)20(16(23)24)13-6-4-5-12(7-13)15(21)22/h4-7,14H,8-11,19H2,1-3H3,(H,21,22)(H,23,24). The van der Waals surface area contributed by atoms with E-state index in [0.717, 1.165) is 6.42 Å². The SMILES string of the molecule is CC1(C)CC(N(C(=O)O)c2cccc(C(=O)O)c2)CC(C)(CN)C1. The van der Waals surface area contributed by atoms with Crippen LogP contribution in [0.3, 0.4) is 0 Å². The Bertz CT molecular complexity index is 644. The molecule has 1 saturated carbocycles. The van der Waals surface area contributed by atoms with Crippen molar-refractivity contribution >= 4 is 17.7 Å². The lowest BCUT2D eigenvalue weighted by Crippen LogP contribution is -2.51. The van der Waals surface area contributed by atoms with Crippen molar-refractivity contribution in [3.8, 4) is 0 Å². The molecule has 0 bridgehead atoms. The second kappa shape index (κ2) is 6.43. The summed E-state index contributed by atoms with van der Waals surface area (Å²) in [5, 5.41) is 18.9. The van der Waals surface area contributed by atoms with Crippen molar-refractivity contribution < 1.29 is 19.8 Å². The minimum Gasteiger partial charge on any atom is -0.478 e. The number of benzene rings is 1. The van der Waals surface area contributed by atoms with Crippen molar-refractivity contribution in [2.24, 2.45) is 16.6 Å². The zero-order chi connectivity index (χ0) is 18.1. The molecule has 1 aromatic carbocycles. The van der Waals surface area contributed by atoms with Gasteiger partial charge in [-0.3, -0.25) is 4.90 Å². The fraction of sp³-hybridized carbons (Fsp3) is 0.556. The Morgan fingerprint density at radius 3 is 2.46 bits per heavy atom. The first-order chi connectivity index (χ1) is 11.1. The number of amides is 1. The summed E-state index contributed by atoms with van der Waals surface area (Å²) in [7, 11) is 0. The molecule has 1 aliphatic rings. The molecule has 132 valence electrons. The van der Waals surface area contributed by atoms with Crippen LogP contribution in [0.5, 0.6) is 0 Å². The van der Waals surface area contributed by atoms with Crippen molar-refractivity contribution in [1.82, 2.24) is 0 Å². The molecule has 24 heavy (non-hydrogen) atoms. The van der Waals surface area contributed by atoms with E-state index in [4.69, 9.17) is 10.8 Å². The predicted molar refractivity (Wildman–Crippen MR) is 92.5 cm³/mol. The number of nitrogens with two attached hydrogens (primary N) is 1. The molecule has 0 radical (unpaired) electrons. The lowest BCUT2D eigenvalue weighted by molar-refractivity contribution is 0.0695. The van der Waals surface area contributed by atoms with E-state index in [0.29, 0.717) is 25.1 Å². The maximum atomic E-state index is 11.9. The van der Waals surface area contributed by atoms with Gasteiger partial charge in [-0.2, -0.15) is 0 Å². The Balaban J connectivity index is 2.42. The summed E-state index contributed by atoms with van der Waals surface area (Å²) in [5.41, 5.74) is 6.26. The van der Waals surface area contributed by atoms with E-state index in [-0.39, 0.29) is 22.4 Å². The van der Waals surface area contributed by atoms with Gasteiger partial charge in [0.2, 0.25) is 0 Å². The molecule has 2 rings (SSSR count). The first-order valence-corrected chi connectivity index (χ1v) is 8.12. The van der Waals surface area contributed by atoms with Gasteiger partial charge in [0.15, 0.2) is 0 Å². The Kier molecular flexibility index (Phi) is 4.90. The first kappa shape index (κ1) is 18.3. The Morgan fingerprint density at radius 1 is 1.25 bits per heavy atom. The molecule has 0 spiro atoms. The van der Waals surface area contributed by atoms with E-state index < -0.39 is 12.1 Å². The van der Waals surface area contributed by atoms with Crippen molar-refractivity contribution in [3.05, 3.63) is 29.8 Å². The third kappa shape index (κ3) is 3.87. The second-order valence-corrected chi connectivity index (χ2v) is 7.93. The highest BCUT2D eigenvalue weighted by Crippen LogP contribution is 2.47. The largest absolute Gasteiger partial charge is 0.478 e. The van der Waals surface area contributed by atoms with Crippen molar-refractivity contribution in [1.29, 1.82) is 0 Å². The number of hydrogen-bond acceptors (Lipinski definition) is 3. The van der Waals surface area contributed by atoms with Crippen LogP contribution in [0.2, 0.25) is 0 Å². The molecular formula is C18H26N2O4. The van der Waals surface area contributed by atoms with E-state index in [1.807, 2.05) is 0 Å². The average Bonchev–Trinajstić information content (AvgIpc) is 2.45. The summed E-state index contributed by atoms with van der Waals surface area (Å²) < 4.78 is 0. The van der Waals surface area contributed by atoms with Gasteiger partial charge in [0.1, 0.15) is 0 Å². The molecule has 1 fully saturated rings. The molecule has 2 unspecified atom stereocenters. The van der Waals surface area contributed by atoms with Crippen LogP contribution in [-0.2, 0) is 0 Å². The van der Waals surface area contributed by atoms with Gasteiger partial charge < -0.3 is 15.9 Å². The van der Waals surface area contributed by atoms with Gasteiger partial charge in [-0.05, 0) is 54.8 Å². The molecule has 1 aliphatic carbocycles. The predicted octanol–water partition coefficient (Wildman–Crippen LogP) is 3.41. The van der Waals surface area contributed by atoms with E-state index >= 15 is 0 Å². The number of carbonyl (C=O) groups is 2. The zero-order valence-corrected chi connectivity index (χ0v) is 14.5. The summed E-state index contributed by atoms with van der Waals surface area (Å²) in [4.78, 5) is 24.4. The topological polar surface area (TPSA) is 104 Å². The monoisotopic (exact) mass is 334 g/mol. The lowest BCUT2D eigenvalue weighted by Gasteiger charge is -2.48. The van der Waals surface area contributed by atoms with Gasteiger partial charge in [-0.15, -0.1) is 0 Å². The average molecular weight is 334 g/mol. The van der Waals surface area contributed by atoms with Crippen LogP contribution in [-0.4, -0.2) is 34.9 Å². The molecule has 0 saturated heterocycles. The number of nitrogens with zero attached hydrogens (tertiary/aromatic N) is 1. The van der Waals surface area contributed by atoms with Gasteiger partial charge in [-0.1, -0.05) is 26.8 Å². The van der Waals surface area contributed by atoms with Crippen molar-refractivity contribution in [2.45, 2.75) is 46.1 Å². The summed E-state index contributed by atoms with van der Waals surface area (Å²) in [6.45, 7) is 6.84. The summed E-state index contributed by atoms with van der Waals surface area (Å²) in [6, 6.07) is 5.86. The number of carboxylic acid groups (broad SMARTS) is 2. The van der Waals surface area contributed by atoms with Gasteiger partial charge in [0, 0.05) is 11.7 Å². The third-order valence-electron chi connectivity index (χ3n) is 4.86. The molecule has 1 amide bonds. The van der Waals surface area contributed by atoms with Crippen LogP contribution in [0.15, 0.2) is 24.3 Å². The highest BCUT2D eigenvalue weighted by molar-refractivity contribution is 5.92. The molecule has 0 aliphatic heterocycles. The summed E-state index contributed by atoms with van der Waals surface area (Å²) in [5.74, 6) is -1.07. The summed E-state index contributed by atoms with van der Waals surface area (Å²) >= 11 is 0. The molecule has 2 atom stereocenters. The van der Waals surface area contributed by atoms with Crippen LogP contribution in [0.25, 0.3) is 0 Å². The molecule has 6 heteroatoms. The normalized spacial score (nSPS) is 25.9. The number of rotatable bonds is 4. The van der Waals surface area contributed by atoms with E-state index in [2.05, 4.69) is 20.8 Å². The fourth-order valence-corrected chi connectivity index (χ4v) is 4.18. The molecule has 6 nitrogen and oxygen atoms in total. The van der Waals surface area contributed by atoms with Crippen molar-refractivity contribution in [2.75, 3.05) is 11.4 Å². The van der Waals surface area contributed by atoms with E-state index in [1.54, 1.807) is 12.1 Å². The third-order valence-corrected chi connectivity index (χ3v) is 4.86. The number of hydrogen-bond donors (Lipinski definition) is 3. The molecule has 1 aromatic rings. The minimum absolute atomic E-state index is 0.0326. The van der Waals surface area contributed by atoms with Gasteiger partial charge >= 0.3 is 12.1 Å². The first-order valence-electron chi connectivity index (χ1n) is 8.12. The van der Waals surface area contributed by atoms with Crippen LogP contribution in [0.1, 0.15) is 50.4 Å². The fourth-order valence-electron chi connectivity index (χ4n) is 4.18. The van der Waals surface area contributed by atoms with Gasteiger partial charge in [0.25, 0.3) is 0 Å². The van der Waals surface area contributed by atoms with Crippen LogP contribution in [0.4, 0.5) is 10.5 Å². The van der Waals surface area contributed by atoms with Crippen LogP contribution >= 0.6 is 0 Å². The lowest BCUT2D eigenvalue weighted by atomic mass is 9.62. The van der Waals surface area contributed by atoms with Gasteiger partial charge in [-0.25, -0.2) is 9.59 Å².